The first-order valence-corrected chi connectivity index (χ1v) is 13.5. The summed E-state index contributed by atoms with van der Waals surface area (Å²) in [5.41, 5.74) is 1.29. The number of piperazine rings is 1. The van der Waals surface area contributed by atoms with Gasteiger partial charge < -0.3 is 4.74 Å². The monoisotopic (exact) mass is 497 g/mol. The number of aryl methyl sites for hydroxylation is 1. The number of hydrogen-bond acceptors (Lipinski definition) is 6. The Kier molecular flexibility index (Phi) is 6.88. The highest BCUT2D eigenvalue weighted by Crippen LogP contribution is 2.22. The molecule has 0 atom stereocenters. The van der Waals surface area contributed by atoms with Crippen molar-refractivity contribution in [1.82, 2.24) is 23.6 Å². The van der Waals surface area contributed by atoms with Crippen LogP contribution in [0.3, 0.4) is 0 Å². The molecule has 0 N–H and O–H groups in total. The molecule has 0 amide bonds. The summed E-state index contributed by atoms with van der Waals surface area (Å²) in [6.45, 7) is 6.20. The van der Waals surface area contributed by atoms with Crippen molar-refractivity contribution in [3.63, 3.8) is 0 Å². The highest BCUT2D eigenvalue weighted by molar-refractivity contribution is 7.89. The van der Waals surface area contributed by atoms with E-state index in [4.69, 9.17) is 4.74 Å². The second kappa shape index (κ2) is 10.1. The molecule has 2 saturated heterocycles. The minimum absolute atomic E-state index is 0.231. The van der Waals surface area contributed by atoms with E-state index in [2.05, 4.69) is 10.00 Å². The Morgan fingerprint density at radius 1 is 0.943 bits per heavy atom. The minimum atomic E-state index is -3.60. The molecule has 0 aliphatic carbocycles. The van der Waals surface area contributed by atoms with Gasteiger partial charge in [-0.25, -0.2) is 13.2 Å². The summed E-state index contributed by atoms with van der Waals surface area (Å²) in [6, 6.07) is 16.6. The topological polar surface area (TPSA) is 89.7 Å². The molecule has 0 spiro atoms. The number of sulfonamides is 1. The summed E-state index contributed by atoms with van der Waals surface area (Å²) in [6.07, 6.45) is 2.02. The molecule has 3 aromatic rings. The van der Waals surface area contributed by atoms with Gasteiger partial charge in [0.25, 0.3) is 0 Å². The zero-order chi connectivity index (χ0) is 24.4. The van der Waals surface area contributed by atoms with Gasteiger partial charge in [0.05, 0.1) is 17.1 Å². The van der Waals surface area contributed by atoms with Crippen LogP contribution in [0, 0.1) is 6.92 Å². The fraction of sp³-hybridized carbons (Fsp3) is 0.440. The number of rotatable bonds is 6. The fourth-order valence-corrected chi connectivity index (χ4v) is 6.30. The Bertz CT molecular complexity index is 1300. The first-order chi connectivity index (χ1) is 16.9. The predicted octanol–water partition coefficient (Wildman–Crippen LogP) is 1.88. The van der Waals surface area contributed by atoms with E-state index >= 15 is 0 Å². The van der Waals surface area contributed by atoms with Crippen LogP contribution >= 0.6 is 0 Å². The van der Waals surface area contributed by atoms with Crippen molar-refractivity contribution >= 4 is 10.0 Å². The van der Waals surface area contributed by atoms with Crippen LogP contribution in [-0.4, -0.2) is 77.4 Å². The standard InChI is InChI=1S/C25H31N5O4S/c1-20-26-30(25(31)29(20)19-21-5-3-2-4-6-21)23-7-9-24(10-8-23)35(32,33)28-15-13-27(14-16-28)22-11-17-34-18-12-22/h2-10,22H,11-19H2,1H3. The van der Waals surface area contributed by atoms with Crippen LogP contribution in [0.4, 0.5) is 0 Å². The van der Waals surface area contributed by atoms with Crippen molar-refractivity contribution in [2.45, 2.75) is 37.2 Å². The Morgan fingerprint density at radius 3 is 2.26 bits per heavy atom. The third-order valence-electron chi connectivity index (χ3n) is 6.93. The SMILES string of the molecule is Cc1nn(-c2ccc(S(=O)(=O)N3CCN(C4CCOCC4)CC3)cc2)c(=O)n1Cc1ccccc1. The Morgan fingerprint density at radius 2 is 1.60 bits per heavy atom. The number of nitrogens with zero attached hydrogens (tertiary/aromatic N) is 5. The van der Waals surface area contributed by atoms with Crippen molar-refractivity contribution in [3.05, 3.63) is 76.5 Å². The minimum Gasteiger partial charge on any atom is -0.381 e. The summed E-state index contributed by atoms with van der Waals surface area (Å²) in [5.74, 6) is 0.595. The van der Waals surface area contributed by atoms with Crippen molar-refractivity contribution in [2.75, 3.05) is 39.4 Å². The molecule has 0 unspecified atom stereocenters. The number of benzene rings is 2. The van der Waals surface area contributed by atoms with Crippen molar-refractivity contribution in [2.24, 2.45) is 0 Å². The predicted molar refractivity (Wildman–Crippen MR) is 132 cm³/mol. The average molecular weight is 498 g/mol. The largest absolute Gasteiger partial charge is 0.381 e. The molecule has 2 aliphatic rings. The van der Waals surface area contributed by atoms with Gasteiger partial charge in [-0.05, 0) is 49.6 Å². The second-order valence-corrected chi connectivity index (χ2v) is 11.0. The van der Waals surface area contributed by atoms with Crippen LogP contribution in [0.1, 0.15) is 24.2 Å². The van der Waals surface area contributed by atoms with Gasteiger partial charge in [0.15, 0.2) is 0 Å². The second-order valence-electron chi connectivity index (χ2n) is 9.09. The molecule has 2 fully saturated rings. The van der Waals surface area contributed by atoms with E-state index in [0.29, 0.717) is 37.2 Å². The van der Waals surface area contributed by atoms with Gasteiger partial charge in [-0.1, -0.05) is 30.3 Å². The normalized spacial score (nSPS) is 18.7. The third kappa shape index (κ3) is 4.97. The quantitative estimate of drug-likeness (QED) is 0.517. The summed E-state index contributed by atoms with van der Waals surface area (Å²) in [4.78, 5) is 15.6. The van der Waals surface area contributed by atoms with E-state index in [0.717, 1.165) is 44.7 Å². The number of ether oxygens (including phenoxy) is 1. The summed E-state index contributed by atoms with van der Waals surface area (Å²) in [7, 11) is -3.60. The van der Waals surface area contributed by atoms with Crippen molar-refractivity contribution in [3.8, 4) is 5.69 Å². The van der Waals surface area contributed by atoms with Crippen LogP contribution in [0.15, 0.2) is 64.3 Å². The van der Waals surface area contributed by atoms with Gasteiger partial charge in [0.1, 0.15) is 5.82 Å². The molecular weight excluding hydrogens is 466 g/mol. The van der Waals surface area contributed by atoms with Crippen LogP contribution in [0.2, 0.25) is 0 Å². The Labute approximate surface area is 205 Å². The molecule has 2 aliphatic heterocycles. The lowest BCUT2D eigenvalue weighted by atomic mass is 10.1. The number of hydrogen-bond donors (Lipinski definition) is 0. The van der Waals surface area contributed by atoms with Gasteiger partial charge in [-0.2, -0.15) is 14.1 Å². The zero-order valence-corrected chi connectivity index (χ0v) is 20.7. The van der Waals surface area contributed by atoms with Gasteiger partial charge in [-0.3, -0.25) is 9.47 Å². The summed E-state index contributed by atoms with van der Waals surface area (Å²) in [5, 5.41) is 4.40. The molecule has 3 heterocycles. The molecule has 5 rings (SSSR count). The Balaban J connectivity index is 1.29. The lowest BCUT2D eigenvalue weighted by Gasteiger charge is -2.40. The van der Waals surface area contributed by atoms with Crippen LogP contribution in [0.25, 0.3) is 5.69 Å². The maximum absolute atomic E-state index is 13.2. The molecule has 10 heteroatoms. The van der Waals surface area contributed by atoms with Crippen LogP contribution in [-0.2, 0) is 21.3 Å². The molecule has 9 nitrogen and oxygen atoms in total. The molecule has 1 aromatic heterocycles. The molecule has 0 bridgehead atoms. The highest BCUT2D eigenvalue weighted by atomic mass is 32.2. The Hall–Kier alpha value is -2.79. The van der Waals surface area contributed by atoms with Gasteiger partial charge in [0, 0.05) is 45.4 Å². The van der Waals surface area contributed by atoms with Crippen molar-refractivity contribution in [1.29, 1.82) is 0 Å². The van der Waals surface area contributed by atoms with Gasteiger partial charge in [0.2, 0.25) is 10.0 Å². The van der Waals surface area contributed by atoms with E-state index in [-0.39, 0.29) is 10.6 Å². The van der Waals surface area contributed by atoms with E-state index in [1.807, 2.05) is 30.3 Å². The molecule has 186 valence electrons. The maximum atomic E-state index is 13.2. The lowest BCUT2D eigenvalue weighted by Crippen LogP contribution is -2.52. The van der Waals surface area contributed by atoms with E-state index in [1.165, 1.54) is 4.68 Å². The molecular formula is C25H31N5O4S. The molecule has 0 saturated carbocycles. The average Bonchev–Trinajstić information content (AvgIpc) is 3.18. The van der Waals surface area contributed by atoms with Crippen molar-refractivity contribution < 1.29 is 13.2 Å². The lowest BCUT2D eigenvalue weighted by molar-refractivity contribution is 0.0229. The highest BCUT2D eigenvalue weighted by Gasteiger charge is 2.31. The zero-order valence-electron chi connectivity index (χ0n) is 19.9. The summed E-state index contributed by atoms with van der Waals surface area (Å²) >= 11 is 0. The first-order valence-electron chi connectivity index (χ1n) is 12.1. The van der Waals surface area contributed by atoms with Gasteiger partial charge in [-0.15, -0.1) is 0 Å². The summed E-state index contributed by atoms with van der Waals surface area (Å²) < 4.78 is 36.4. The smallest absolute Gasteiger partial charge is 0.351 e. The van der Waals surface area contributed by atoms with Crippen LogP contribution in [0.5, 0.6) is 0 Å². The fourth-order valence-electron chi connectivity index (χ4n) is 4.88. The van der Waals surface area contributed by atoms with E-state index in [9.17, 15) is 13.2 Å². The first kappa shape index (κ1) is 23.9. The van der Waals surface area contributed by atoms with Crippen LogP contribution < -0.4 is 5.69 Å². The van der Waals surface area contributed by atoms with Gasteiger partial charge >= 0.3 is 5.69 Å². The number of aromatic nitrogens is 3. The van der Waals surface area contributed by atoms with E-state index in [1.54, 1.807) is 40.1 Å². The molecule has 2 aromatic carbocycles. The third-order valence-corrected chi connectivity index (χ3v) is 8.84. The molecule has 0 radical (unpaired) electrons. The van der Waals surface area contributed by atoms with E-state index < -0.39 is 10.0 Å². The maximum Gasteiger partial charge on any atom is 0.351 e. The molecule has 35 heavy (non-hydrogen) atoms.